The van der Waals surface area contributed by atoms with Crippen molar-refractivity contribution < 1.29 is 13.9 Å². The molecule has 31 heavy (non-hydrogen) atoms. The van der Waals surface area contributed by atoms with Crippen molar-refractivity contribution >= 4 is 11.9 Å². The van der Waals surface area contributed by atoms with E-state index in [1.165, 1.54) is 12.1 Å². The Kier molecular flexibility index (Phi) is 6.18. The molecular weight excluding hydrogens is 397 g/mol. The van der Waals surface area contributed by atoms with Gasteiger partial charge in [-0.25, -0.2) is 14.4 Å². The summed E-state index contributed by atoms with van der Waals surface area (Å²) in [4.78, 5) is 29.8. The molecule has 1 aliphatic rings. The molecular formula is C23H24FN5O2. The van der Waals surface area contributed by atoms with E-state index in [-0.39, 0.29) is 18.1 Å². The summed E-state index contributed by atoms with van der Waals surface area (Å²) in [5, 5.41) is 0. The van der Waals surface area contributed by atoms with Crippen molar-refractivity contribution in [1.82, 2.24) is 19.9 Å². The summed E-state index contributed by atoms with van der Waals surface area (Å²) in [6.45, 7) is 1.25. The highest BCUT2D eigenvalue weighted by atomic mass is 19.1. The number of anilines is 1. The van der Waals surface area contributed by atoms with Crippen LogP contribution in [0.3, 0.4) is 0 Å². The van der Waals surface area contributed by atoms with E-state index in [2.05, 4.69) is 9.97 Å². The molecule has 0 saturated carbocycles. The van der Waals surface area contributed by atoms with Crippen molar-refractivity contribution in [3.63, 3.8) is 0 Å². The third-order valence-electron chi connectivity index (χ3n) is 5.12. The molecule has 0 bridgehead atoms. The number of amides is 1. The van der Waals surface area contributed by atoms with Gasteiger partial charge in [0.25, 0.3) is 0 Å². The predicted molar refractivity (Wildman–Crippen MR) is 115 cm³/mol. The molecule has 8 heteroatoms. The minimum atomic E-state index is -0.443. The number of rotatable bonds is 5. The Morgan fingerprint density at radius 3 is 2.84 bits per heavy atom. The fourth-order valence-electron chi connectivity index (χ4n) is 3.54. The van der Waals surface area contributed by atoms with Crippen molar-refractivity contribution in [2.24, 2.45) is 0 Å². The maximum Gasteiger partial charge on any atom is 0.228 e. The van der Waals surface area contributed by atoms with Gasteiger partial charge in [0.15, 0.2) is 0 Å². The number of morpholine rings is 1. The average molecular weight is 421 g/mol. The van der Waals surface area contributed by atoms with E-state index in [1.807, 2.05) is 38.4 Å². The molecule has 3 heterocycles. The summed E-state index contributed by atoms with van der Waals surface area (Å²) in [7, 11) is 3.71. The van der Waals surface area contributed by atoms with Gasteiger partial charge in [-0.15, -0.1) is 0 Å². The van der Waals surface area contributed by atoms with Crippen LogP contribution in [0.5, 0.6) is 0 Å². The number of halogens is 1. The lowest BCUT2D eigenvalue weighted by Gasteiger charge is -2.33. The highest BCUT2D eigenvalue weighted by Gasteiger charge is 2.29. The molecule has 160 valence electrons. The van der Waals surface area contributed by atoms with Crippen LogP contribution in [-0.4, -0.2) is 59.6 Å². The SMILES string of the molecule is CN(C)c1ncc(-c2cccc(F)c2)c([C@@H]2CN(C(=O)Cc3ccccn3)CCO2)n1. The van der Waals surface area contributed by atoms with Gasteiger partial charge in [-0.1, -0.05) is 18.2 Å². The Hall–Kier alpha value is -3.39. The van der Waals surface area contributed by atoms with Crippen LogP contribution in [0.25, 0.3) is 11.1 Å². The number of ether oxygens (including phenoxy) is 1. The van der Waals surface area contributed by atoms with Crippen molar-refractivity contribution in [1.29, 1.82) is 0 Å². The van der Waals surface area contributed by atoms with Crippen molar-refractivity contribution in [2.75, 3.05) is 38.7 Å². The lowest BCUT2D eigenvalue weighted by molar-refractivity contribution is -0.138. The van der Waals surface area contributed by atoms with Gasteiger partial charge in [-0.3, -0.25) is 9.78 Å². The molecule has 0 radical (unpaired) electrons. The third-order valence-corrected chi connectivity index (χ3v) is 5.12. The van der Waals surface area contributed by atoms with Gasteiger partial charge in [0.05, 0.1) is 25.3 Å². The van der Waals surface area contributed by atoms with Gasteiger partial charge >= 0.3 is 0 Å². The number of hydrogen-bond acceptors (Lipinski definition) is 6. The lowest BCUT2D eigenvalue weighted by Crippen LogP contribution is -2.43. The summed E-state index contributed by atoms with van der Waals surface area (Å²) in [5.74, 6) is 0.175. The zero-order valence-corrected chi connectivity index (χ0v) is 17.5. The Balaban J connectivity index is 1.62. The Morgan fingerprint density at radius 2 is 2.10 bits per heavy atom. The number of carbonyl (C=O) groups is 1. The fraction of sp³-hybridized carbons (Fsp3) is 0.304. The van der Waals surface area contributed by atoms with Crippen LogP contribution in [0.1, 0.15) is 17.5 Å². The molecule has 3 aromatic rings. The van der Waals surface area contributed by atoms with Gasteiger partial charge in [0.2, 0.25) is 11.9 Å². The second-order valence-electron chi connectivity index (χ2n) is 7.57. The van der Waals surface area contributed by atoms with E-state index < -0.39 is 6.10 Å². The molecule has 2 aromatic heterocycles. The Morgan fingerprint density at radius 1 is 1.23 bits per heavy atom. The highest BCUT2D eigenvalue weighted by molar-refractivity contribution is 5.78. The van der Waals surface area contributed by atoms with E-state index in [4.69, 9.17) is 9.72 Å². The van der Waals surface area contributed by atoms with E-state index in [0.717, 1.165) is 5.69 Å². The van der Waals surface area contributed by atoms with Crippen LogP contribution < -0.4 is 4.90 Å². The average Bonchev–Trinajstić information content (AvgIpc) is 2.79. The standard InChI is InChI=1S/C23H24FN5O2/c1-28(2)23-26-14-19(16-6-5-7-17(24)12-16)22(27-23)20-15-29(10-11-31-20)21(30)13-18-8-3-4-9-25-18/h3-9,12,14,20H,10-11,13,15H2,1-2H3/t20-/m0/s1. The number of carbonyl (C=O) groups excluding carboxylic acids is 1. The van der Waals surface area contributed by atoms with Gasteiger partial charge in [0.1, 0.15) is 11.9 Å². The molecule has 1 amide bonds. The summed E-state index contributed by atoms with van der Waals surface area (Å²) in [6.07, 6.45) is 3.16. The summed E-state index contributed by atoms with van der Waals surface area (Å²) in [5.41, 5.74) is 2.72. The summed E-state index contributed by atoms with van der Waals surface area (Å²) < 4.78 is 19.9. The zero-order valence-electron chi connectivity index (χ0n) is 17.5. The van der Waals surface area contributed by atoms with Gasteiger partial charge in [0, 0.05) is 44.3 Å². The zero-order chi connectivity index (χ0) is 21.8. The van der Waals surface area contributed by atoms with Crippen LogP contribution in [0, 0.1) is 5.82 Å². The second-order valence-corrected chi connectivity index (χ2v) is 7.57. The third kappa shape index (κ3) is 4.86. The van der Waals surface area contributed by atoms with Crippen LogP contribution in [0.4, 0.5) is 10.3 Å². The Labute approximate surface area is 180 Å². The van der Waals surface area contributed by atoms with E-state index in [1.54, 1.807) is 28.3 Å². The largest absolute Gasteiger partial charge is 0.368 e. The van der Waals surface area contributed by atoms with E-state index in [9.17, 15) is 9.18 Å². The maximum absolute atomic E-state index is 13.9. The monoisotopic (exact) mass is 421 g/mol. The number of pyridine rings is 1. The van der Waals surface area contributed by atoms with Gasteiger partial charge in [-0.2, -0.15) is 0 Å². The van der Waals surface area contributed by atoms with Crippen LogP contribution in [0.15, 0.2) is 54.9 Å². The van der Waals surface area contributed by atoms with Gasteiger partial charge in [-0.05, 0) is 29.8 Å². The molecule has 1 aliphatic heterocycles. The fourth-order valence-corrected chi connectivity index (χ4v) is 3.54. The minimum Gasteiger partial charge on any atom is -0.368 e. The lowest BCUT2D eigenvalue weighted by atomic mass is 10.0. The molecule has 0 N–H and O–H groups in total. The van der Waals surface area contributed by atoms with Crippen LogP contribution in [0.2, 0.25) is 0 Å². The smallest absolute Gasteiger partial charge is 0.228 e. The first-order chi connectivity index (χ1) is 15.0. The molecule has 0 spiro atoms. The molecule has 1 fully saturated rings. The summed E-state index contributed by atoms with van der Waals surface area (Å²) in [6, 6.07) is 11.8. The molecule has 1 atom stereocenters. The minimum absolute atomic E-state index is 0.0128. The first-order valence-corrected chi connectivity index (χ1v) is 10.1. The molecule has 1 saturated heterocycles. The topological polar surface area (TPSA) is 71.5 Å². The maximum atomic E-state index is 13.9. The van der Waals surface area contributed by atoms with Crippen molar-refractivity contribution in [3.05, 3.63) is 72.1 Å². The normalized spacial score (nSPS) is 16.2. The molecule has 7 nitrogen and oxygen atoms in total. The predicted octanol–water partition coefficient (Wildman–Crippen LogP) is 2.89. The van der Waals surface area contributed by atoms with Crippen LogP contribution in [-0.2, 0) is 16.0 Å². The van der Waals surface area contributed by atoms with E-state index in [0.29, 0.717) is 42.5 Å². The number of nitrogens with zero attached hydrogens (tertiary/aromatic N) is 5. The highest BCUT2D eigenvalue weighted by Crippen LogP contribution is 2.32. The molecule has 0 unspecified atom stereocenters. The second kappa shape index (κ2) is 9.18. The van der Waals surface area contributed by atoms with Crippen LogP contribution >= 0.6 is 0 Å². The molecule has 4 rings (SSSR count). The first kappa shape index (κ1) is 20.9. The van der Waals surface area contributed by atoms with Crippen molar-refractivity contribution in [3.8, 4) is 11.1 Å². The summed E-state index contributed by atoms with van der Waals surface area (Å²) >= 11 is 0. The number of benzene rings is 1. The number of aromatic nitrogens is 3. The van der Waals surface area contributed by atoms with Gasteiger partial charge < -0.3 is 14.5 Å². The van der Waals surface area contributed by atoms with E-state index >= 15 is 0 Å². The van der Waals surface area contributed by atoms with Crippen molar-refractivity contribution in [2.45, 2.75) is 12.5 Å². The number of hydrogen-bond donors (Lipinski definition) is 0. The quantitative estimate of drug-likeness (QED) is 0.631. The first-order valence-electron chi connectivity index (χ1n) is 10.1. The Bertz CT molecular complexity index is 1060. The molecule has 1 aromatic carbocycles. The molecule has 0 aliphatic carbocycles.